The average molecular weight is 363 g/mol. The second-order valence-corrected chi connectivity index (χ2v) is 5.46. The summed E-state index contributed by atoms with van der Waals surface area (Å²) in [4.78, 5) is 14.2. The van der Waals surface area contributed by atoms with Gasteiger partial charge in [-0.15, -0.1) is 0 Å². The number of rotatable bonds is 6. The predicted octanol–water partition coefficient (Wildman–Crippen LogP) is 4.09. The van der Waals surface area contributed by atoms with Crippen molar-refractivity contribution in [2.45, 2.75) is 19.8 Å². The van der Waals surface area contributed by atoms with E-state index in [0.29, 0.717) is 0 Å². The van der Waals surface area contributed by atoms with Gasteiger partial charge in [-0.25, -0.2) is 0 Å². The highest BCUT2D eigenvalue weighted by Gasteiger charge is 2.16. The maximum atomic E-state index is 12.3. The Morgan fingerprint density at radius 3 is 2.59 bits per heavy atom. The first kappa shape index (κ1) is 14.7. The lowest BCUT2D eigenvalue weighted by Gasteiger charge is -2.22. The van der Waals surface area contributed by atoms with Crippen LogP contribution in [0.2, 0.25) is 0 Å². The molecule has 0 bridgehead atoms. The van der Waals surface area contributed by atoms with Crippen LogP contribution in [0.15, 0.2) is 28.7 Å². The maximum absolute atomic E-state index is 12.3. The standard InChI is InChI=1S/C13H17Br2NO/c1-2-3-9-16(10-8-14)13(17)11-6-4-5-7-12(11)15/h4-7H,2-3,8-10H2,1H3. The van der Waals surface area contributed by atoms with Crippen molar-refractivity contribution in [3.63, 3.8) is 0 Å². The molecular weight excluding hydrogens is 346 g/mol. The summed E-state index contributed by atoms with van der Waals surface area (Å²) < 4.78 is 0.862. The molecule has 0 spiro atoms. The lowest BCUT2D eigenvalue weighted by atomic mass is 10.2. The Morgan fingerprint density at radius 1 is 1.29 bits per heavy atom. The van der Waals surface area contributed by atoms with Gasteiger partial charge in [0.2, 0.25) is 0 Å². The third kappa shape index (κ3) is 4.43. The summed E-state index contributed by atoms with van der Waals surface area (Å²) in [7, 11) is 0. The number of carbonyl (C=O) groups excluding carboxylic acids is 1. The first-order valence-corrected chi connectivity index (χ1v) is 7.72. The molecule has 94 valence electrons. The van der Waals surface area contributed by atoms with Crippen LogP contribution in [0.25, 0.3) is 0 Å². The number of amides is 1. The van der Waals surface area contributed by atoms with Crippen LogP contribution < -0.4 is 0 Å². The number of unbranched alkanes of at least 4 members (excludes halogenated alkanes) is 1. The molecule has 0 radical (unpaired) electrons. The van der Waals surface area contributed by atoms with E-state index in [9.17, 15) is 4.79 Å². The Labute approximate surface area is 120 Å². The first-order chi connectivity index (χ1) is 8.20. The van der Waals surface area contributed by atoms with Gasteiger partial charge in [0.15, 0.2) is 0 Å². The second-order valence-electron chi connectivity index (χ2n) is 3.81. The molecule has 0 saturated heterocycles. The van der Waals surface area contributed by atoms with Crippen LogP contribution in [-0.4, -0.2) is 29.2 Å². The fourth-order valence-electron chi connectivity index (χ4n) is 1.57. The molecule has 1 aromatic rings. The van der Waals surface area contributed by atoms with Crippen molar-refractivity contribution in [3.05, 3.63) is 34.3 Å². The minimum Gasteiger partial charge on any atom is -0.338 e. The highest BCUT2D eigenvalue weighted by atomic mass is 79.9. The Balaban J connectivity index is 2.80. The van der Waals surface area contributed by atoms with Crippen molar-refractivity contribution in [3.8, 4) is 0 Å². The van der Waals surface area contributed by atoms with E-state index in [1.807, 2.05) is 29.2 Å². The molecule has 0 atom stereocenters. The van der Waals surface area contributed by atoms with Gasteiger partial charge in [0, 0.05) is 22.9 Å². The van der Waals surface area contributed by atoms with E-state index in [0.717, 1.165) is 41.3 Å². The second kappa shape index (κ2) is 7.88. The van der Waals surface area contributed by atoms with E-state index in [1.165, 1.54) is 0 Å². The van der Waals surface area contributed by atoms with Crippen LogP contribution in [0.1, 0.15) is 30.1 Å². The molecule has 0 N–H and O–H groups in total. The monoisotopic (exact) mass is 361 g/mol. The lowest BCUT2D eigenvalue weighted by molar-refractivity contribution is 0.0763. The van der Waals surface area contributed by atoms with Gasteiger partial charge in [-0.2, -0.15) is 0 Å². The largest absolute Gasteiger partial charge is 0.338 e. The molecule has 4 heteroatoms. The summed E-state index contributed by atoms with van der Waals surface area (Å²) >= 11 is 6.82. The van der Waals surface area contributed by atoms with E-state index in [-0.39, 0.29) is 5.91 Å². The van der Waals surface area contributed by atoms with Gasteiger partial charge in [0.1, 0.15) is 0 Å². The molecule has 1 rings (SSSR count). The molecule has 0 aliphatic heterocycles. The molecular formula is C13H17Br2NO. The Hall–Kier alpha value is -0.350. The molecule has 0 saturated carbocycles. The van der Waals surface area contributed by atoms with Crippen molar-refractivity contribution >= 4 is 37.8 Å². The topological polar surface area (TPSA) is 20.3 Å². The van der Waals surface area contributed by atoms with E-state index >= 15 is 0 Å². The number of hydrogen-bond acceptors (Lipinski definition) is 1. The number of nitrogens with zero attached hydrogens (tertiary/aromatic N) is 1. The smallest absolute Gasteiger partial charge is 0.255 e. The molecule has 1 amide bonds. The Bertz CT molecular complexity index is 368. The van der Waals surface area contributed by atoms with E-state index in [2.05, 4.69) is 38.8 Å². The van der Waals surface area contributed by atoms with Crippen molar-refractivity contribution in [2.24, 2.45) is 0 Å². The Morgan fingerprint density at radius 2 is 2.00 bits per heavy atom. The highest BCUT2D eigenvalue weighted by molar-refractivity contribution is 9.10. The van der Waals surface area contributed by atoms with Gasteiger partial charge in [0.25, 0.3) is 5.91 Å². The molecule has 2 nitrogen and oxygen atoms in total. The molecule has 0 fully saturated rings. The zero-order chi connectivity index (χ0) is 12.7. The predicted molar refractivity (Wildman–Crippen MR) is 78.7 cm³/mol. The summed E-state index contributed by atoms with van der Waals surface area (Å²) in [5.74, 6) is 0.102. The number of hydrogen-bond donors (Lipinski definition) is 0. The molecule has 0 aliphatic rings. The van der Waals surface area contributed by atoms with E-state index in [1.54, 1.807) is 0 Å². The van der Waals surface area contributed by atoms with Gasteiger partial charge in [-0.1, -0.05) is 41.4 Å². The van der Waals surface area contributed by atoms with Crippen LogP contribution >= 0.6 is 31.9 Å². The van der Waals surface area contributed by atoms with Gasteiger partial charge in [-0.3, -0.25) is 4.79 Å². The quantitative estimate of drug-likeness (QED) is 0.698. The molecule has 0 unspecified atom stereocenters. The average Bonchev–Trinajstić information content (AvgIpc) is 2.34. The van der Waals surface area contributed by atoms with Crippen LogP contribution in [0.5, 0.6) is 0 Å². The SMILES string of the molecule is CCCCN(CCBr)C(=O)c1ccccc1Br. The summed E-state index contributed by atoms with van der Waals surface area (Å²) in [6.45, 7) is 3.71. The molecule has 1 aromatic carbocycles. The van der Waals surface area contributed by atoms with Crippen molar-refractivity contribution in [2.75, 3.05) is 18.4 Å². The van der Waals surface area contributed by atoms with E-state index in [4.69, 9.17) is 0 Å². The summed E-state index contributed by atoms with van der Waals surface area (Å²) in [6.07, 6.45) is 2.14. The lowest BCUT2D eigenvalue weighted by Crippen LogP contribution is -2.33. The molecule has 17 heavy (non-hydrogen) atoms. The summed E-state index contributed by atoms with van der Waals surface area (Å²) in [6, 6.07) is 7.57. The minimum absolute atomic E-state index is 0.102. The third-order valence-corrected chi connectivity index (χ3v) is 3.57. The first-order valence-electron chi connectivity index (χ1n) is 5.80. The van der Waals surface area contributed by atoms with Crippen molar-refractivity contribution < 1.29 is 4.79 Å². The number of alkyl halides is 1. The van der Waals surface area contributed by atoms with Crippen LogP contribution in [0, 0.1) is 0 Å². The van der Waals surface area contributed by atoms with Crippen LogP contribution in [-0.2, 0) is 0 Å². The molecule has 0 heterocycles. The number of carbonyl (C=O) groups is 1. The number of halogens is 2. The fourth-order valence-corrected chi connectivity index (χ4v) is 2.45. The summed E-state index contributed by atoms with van der Waals surface area (Å²) in [5.41, 5.74) is 0.740. The summed E-state index contributed by atoms with van der Waals surface area (Å²) in [5, 5.41) is 0.812. The fraction of sp³-hybridized carbons (Fsp3) is 0.462. The highest BCUT2D eigenvalue weighted by Crippen LogP contribution is 2.18. The van der Waals surface area contributed by atoms with Gasteiger partial charge >= 0.3 is 0 Å². The van der Waals surface area contributed by atoms with Crippen molar-refractivity contribution in [1.82, 2.24) is 4.90 Å². The number of benzene rings is 1. The zero-order valence-electron chi connectivity index (χ0n) is 9.96. The van der Waals surface area contributed by atoms with Gasteiger partial charge in [0.05, 0.1) is 5.56 Å². The third-order valence-electron chi connectivity index (χ3n) is 2.53. The molecule has 0 aromatic heterocycles. The zero-order valence-corrected chi connectivity index (χ0v) is 13.1. The molecule has 0 aliphatic carbocycles. The van der Waals surface area contributed by atoms with Gasteiger partial charge < -0.3 is 4.90 Å². The van der Waals surface area contributed by atoms with Crippen LogP contribution in [0.3, 0.4) is 0 Å². The minimum atomic E-state index is 0.102. The van der Waals surface area contributed by atoms with Crippen LogP contribution in [0.4, 0.5) is 0 Å². The Kier molecular flexibility index (Phi) is 6.82. The van der Waals surface area contributed by atoms with Gasteiger partial charge in [-0.05, 0) is 34.5 Å². The normalized spacial score (nSPS) is 10.3. The maximum Gasteiger partial charge on any atom is 0.255 e. The van der Waals surface area contributed by atoms with Crippen molar-refractivity contribution in [1.29, 1.82) is 0 Å². The van der Waals surface area contributed by atoms with E-state index < -0.39 is 0 Å².